The van der Waals surface area contributed by atoms with E-state index in [9.17, 15) is 10.0 Å². The molecule has 0 atom stereocenters. The molecule has 3 rings (SSSR count). The van der Waals surface area contributed by atoms with Crippen LogP contribution >= 0.6 is 0 Å². The summed E-state index contributed by atoms with van der Waals surface area (Å²) in [7, 11) is 1.58. The summed E-state index contributed by atoms with van der Waals surface area (Å²) in [6.45, 7) is 2.56. The standard InChI is InChI=1S/C18H18N2O4/c1-12-6-5-7-13-16(12)17(19-22)18(21)20(13)10-11-24-15-9-4-3-8-14(15)23-2/h3-9,21H,10-11H2,1-2H3. The normalized spacial score (nSPS) is 10.8. The first-order valence-electron chi connectivity index (χ1n) is 7.57. The topological polar surface area (TPSA) is 73.1 Å². The van der Waals surface area contributed by atoms with Gasteiger partial charge in [0.05, 0.1) is 19.2 Å². The fraction of sp³-hybridized carbons (Fsp3) is 0.222. The fourth-order valence-electron chi connectivity index (χ4n) is 2.84. The molecule has 0 spiro atoms. The summed E-state index contributed by atoms with van der Waals surface area (Å²) in [5.74, 6) is 1.13. The summed E-state index contributed by atoms with van der Waals surface area (Å²) >= 11 is 0. The molecular weight excluding hydrogens is 308 g/mol. The van der Waals surface area contributed by atoms with E-state index < -0.39 is 0 Å². The Morgan fingerprint density at radius 3 is 2.58 bits per heavy atom. The first kappa shape index (κ1) is 15.9. The highest BCUT2D eigenvalue weighted by atomic mass is 16.5. The molecule has 3 aromatic rings. The number of ether oxygens (including phenoxy) is 2. The molecule has 1 aromatic heterocycles. The van der Waals surface area contributed by atoms with Gasteiger partial charge in [0.2, 0.25) is 5.88 Å². The summed E-state index contributed by atoms with van der Waals surface area (Å²) in [6.07, 6.45) is 0. The Morgan fingerprint density at radius 2 is 1.88 bits per heavy atom. The van der Waals surface area contributed by atoms with Gasteiger partial charge in [0, 0.05) is 5.39 Å². The van der Waals surface area contributed by atoms with Crippen LogP contribution in [-0.2, 0) is 6.54 Å². The molecule has 1 heterocycles. The molecule has 0 aliphatic carbocycles. The fourth-order valence-corrected chi connectivity index (χ4v) is 2.84. The van der Waals surface area contributed by atoms with Crippen LogP contribution in [-0.4, -0.2) is 23.4 Å². The zero-order valence-corrected chi connectivity index (χ0v) is 13.5. The van der Waals surface area contributed by atoms with Crippen molar-refractivity contribution in [3.63, 3.8) is 0 Å². The molecule has 0 aliphatic heterocycles. The van der Waals surface area contributed by atoms with Gasteiger partial charge in [-0.3, -0.25) is 0 Å². The lowest BCUT2D eigenvalue weighted by atomic mass is 10.1. The lowest BCUT2D eigenvalue weighted by Crippen LogP contribution is -2.08. The molecule has 0 bridgehead atoms. The molecule has 124 valence electrons. The first-order chi connectivity index (χ1) is 11.7. The van der Waals surface area contributed by atoms with Crippen LogP contribution in [0, 0.1) is 11.8 Å². The highest BCUT2D eigenvalue weighted by molar-refractivity contribution is 5.97. The van der Waals surface area contributed by atoms with Crippen molar-refractivity contribution < 1.29 is 14.6 Å². The van der Waals surface area contributed by atoms with Gasteiger partial charge < -0.3 is 19.1 Å². The van der Waals surface area contributed by atoms with Gasteiger partial charge in [0.1, 0.15) is 6.61 Å². The summed E-state index contributed by atoms with van der Waals surface area (Å²) in [6, 6.07) is 13.0. The van der Waals surface area contributed by atoms with Crippen molar-refractivity contribution in [2.45, 2.75) is 13.5 Å². The van der Waals surface area contributed by atoms with E-state index in [1.807, 2.05) is 49.4 Å². The molecule has 6 nitrogen and oxygen atoms in total. The number of rotatable bonds is 6. The summed E-state index contributed by atoms with van der Waals surface area (Å²) < 4.78 is 12.6. The summed E-state index contributed by atoms with van der Waals surface area (Å²) in [5, 5.41) is 14.0. The molecule has 0 saturated heterocycles. The van der Waals surface area contributed by atoms with Gasteiger partial charge in [-0.2, -0.15) is 0 Å². The Morgan fingerprint density at radius 1 is 1.12 bits per heavy atom. The van der Waals surface area contributed by atoms with E-state index in [0.29, 0.717) is 30.0 Å². The van der Waals surface area contributed by atoms with Crippen LogP contribution in [0.25, 0.3) is 10.9 Å². The van der Waals surface area contributed by atoms with Crippen molar-refractivity contribution in [1.29, 1.82) is 0 Å². The maximum absolute atomic E-state index is 11.1. The predicted molar refractivity (Wildman–Crippen MR) is 92.3 cm³/mol. The van der Waals surface area contributed by atoms with Crippen molar-refractivity contribution >= 4 is 16.6 Å². The predicted octanol–water partition coefficient (Wildman–Crippen LogP) is 4.14. The quantitative estimate of drug-likeness (QED) is 0.691. The van der Waals surface area contributed by atoms with Crippen molar-refractivity contribution in [2.24, 2.45) is 5.18 Å². The number of hydrogen-bond acceptors (Lipinski definition) is 5. The van der Waals surface area contributed by atoms with Crippen molar-refractivity contribution in [1.82, 2.24) is 4.57 Å². The minimum atomic E-state index is -0.141. The molecule has 6 heteroatoms. The number of fused-ring (bicyclic) bond motifs is 1. The van der Waals surface area contributed by atoms with Crippen LogP contribution in [0.3, 0.4) is 0 Å². The van der Waals surface area contributed by atoms with E-state index >= 15 is 0 Å². The number of aromatic hydroxyl groups is 1. The molecule has 1 N–H and O–H groups in total. The van der Waals surface area contributed by atoms with Gasteiger partial charge in [0.25, 0.3) is 0 Å². The minimum Gasteiger partial charge on any atom is -0.493 e. The Labute approximate surface area is 139 Å². The Bertz CT molecular complexity index is 886. The lowest BCUT2D eigenvalue weighted by molar-refractivity contribution is 0.274. The van der Waals surface area contributed by atoms with Crippen LogP contribution in [0.5, 0.6) is 17.4 Å². The Balaban J connectivity index is 1.87. The molecule has 0 radical (unpaired) electrons. The largest absolute Gasteiger partial charge is 0.493 e. The van der Waals surface area contributed by atoms with E-state index in [1.54, 1.807) is 11.7 Å². The number of aromatic nitrogens is 1. The zero-order chi connectivity index (χ0) is 17.1. The number of nitrogens with zero attached hydrogens (tertiary/aromatic N) is 2. The highest BCUT2D eigenvalue weighted by Crippen LogP contribution is 2.40. The third-order valence-electron chi connectivity index (χ3n) is 3.98. The second kappa shape index (κ2) is 6.62. The monoisotopic (exact) mass is 326 g/mol. The number of methoxy groups -OCH3 is 1. The first-order valence-corrected chi connectivity index (χ1v) is 7.57. The van der Waals surface area contributed by atoms with Gasteiger partial charge >= 0.3 is 0 Å². The van der Waals surface area contributed by atoms with Gasteiger partial charge in [-0.25, -0.2) is 0 Å². The van der Waals surface area contributed by atoms with Gasteiger partial charge in [-0.05, 0) is 35.9 Å². The number of hydrogen-bond donors (Lipinski definition) is 1. The minimum absolute atomic E-state index is 0.0698. The Hall–Kier alpha value is -3.02. The van der Waals surface area contributed by atoms with Crippen molar-refractivity contribution in [3.05, 3.63) is 52.9 Å². The van der Waals surface area contributed by atoms with Crippen molar-refractivity contribution in [3.8, 4) is 17.4 Å². The smallest absolute Gasteiger partial charge is 0.222 e. The van der Waals surface area contributed by atoms with E-state index in [-0.39, 0.29) is 11.6 Å². The lowest BCUT2D eigenvalue weighted by Gasteiger charge is -2.12. The maximum Gasteiger partial charge on any atom is 0.222 e. The van der Waals surface area contributed by atoms with E-state index in [4.69, 9.17) is 9.47 Å². The van der Waals surface area contributed by atoms with E-state index in [0.717, 1.165) is 11.1 Å². The highest BCUT2D eigenvalue weighted by Gasteiger charge is 2.18. The molecule has 0 fully saturated rings. The molecule has 2 aromatic carbocycles. The molecular formula is C18H18N2O4. The molecule has 0 amide bonds. The van der Waals surface area contributed by atoms with E-state index in [2.05, 4.69) is 5.18 Å². The van der Waals surface area contributed by atoms with Gasteiger partial charge in [-0.15, -0.1) is 4.91 Å². The van der Waals surface area contributed by atoms with Crippen LogP contribution in [0.4, 0.5) is 5.69 Å². The Kier molecular flexibility index (Phi) is 4.37. The third kappa shape index (κ3) is 2.67. The average Bonchev–Trinajstić information content (AvgIpc) is 2.88. The number of benzene rings is 2. The number of nitroso groups, excluding NO2 is 1. The molecule has 24 heavy (non-hydrogen) atoms. The number of para-hydroxylation sites is 2. The number of aryl methyl sites for hydroxylation is 1. The van der Waals surface area contributed by atoms with Gasteiger partial charge in [0.15, 0.2) is 17.2 Å². The van der Waals surface area contributed by atoms with Crippen LogP contribution in [0.15, 0.2) is 47.6 Å². The SMILES string of the molecule is COc1ccccc1OCCn1c(O)c(N=O)c2c(C)cccc21. The third-order valence-corrected chi connectivity index (χ3v) is 3.98. The van der Waals surface area contributed by atoms with Crippen LogP contribution in [0.2, 0.25) is 0 Å². The average molecular weight is 326 g/mol. The zero-order valence-electron chi connectivity index (χ0n) is 13.5. The molecule has 0 unspecified atom stereocenters. The summed E-state index contributed by atoms with van der Waals surface area (Å²) in [4.78, 5) is 11.1. The second-order valence-corrected chi connectivity index (χ2v) is 5.38. The second-order valence-electron chi connectivity index (χ2n) is 5.38. The summed E-state index contributed by atoms with van der Waals surface area (Å²) in [5.41, 5.74) is 1.72. The molecule has 0 aliphatic rings. The van der Waals surface area contributed by atoms with Crippen LogP contribution in [0.1, 0.15) is 5.56 Å². The van der Waals surface area contributed by atoms with Crippen molar-refractivity contribution in [2.75, 3.05) is 13.7 Å². The maximum atomic E-state index is 11.1. The van der Waals surface area contributed by atoms with E-state index in [1.165, 1.54) is 0 Å². The molecule has 0 saturated carbocycles. The van der Waals surface area contributed by atoms with Crippen LogP contribution < -0.4 is 9.47 Å². The van der Waals surface area contributed by atoms with Gasteiger partial charge in [-0.1, -0.05) is 24.3 Å².